The minimum atomic E-state index is -2.18. The Balaban J connectivity index is 4.00. The van der Waals surface area contributed by atoms with E-state index in [0.717, 1.165) is 0 Å². The Morgan fingerprint density at radius 2 is 1.82 bits per heavy atom. The van der Waals surface area contributed by atoms with Gasteiger partial charge in [-0.15, -0.1) is 0 Å². The molecule has 0 aliphatic carbocycles. The van der Waals surface area contributed by atoms with Gasteiger partial charge in [-0.2, -0.15) is 0 Å². The van der Waals surface area contributed by atoms with Gasteiger partial charge in [-0.25, -0.2) is 0 Å². The molecule has 0 unspecified atom stereocenters. The van der Waals surface area contributed by atoms with Gasteiger partial charge in [-0.1, -0.05) is 0 Å². The highest BCUT2D eigenvalue weighted by atomic mass is 16.4. The van der Waals surface area contributed by atoms with Crippen molar-refractivity contribution < 1.29 is 30.3 Å². The number of carbonyl (C=O) groups excluding carboxylic acids is 1. The van der Waals surface area contributed by atoms with E-state index in [0.29, 0.717) is 0 Å². The average Bonchev–Trinajstić information content (AvgIpc) is 2.00. The molecule has 4 N–H and O–H groups in total. The third-order valence-corrected chi connectivity index (χ3v) is 1.15. The monoisotopic (exact) mass is 165 g/mol. The Bertz CT molecular complexity index is 135. The second kappa shape index (κ2) is 4.24. The van der Waals surface area contributed by atoms with Gasteiger partial charge in [-0.3, -0.25) is 0 Å². The summed E-state index contributed by atoms with van der Waals surface area (Å²) >= 11 is 0. The van der Waals surface area contributed by atoms with Crippen molar-refractivity contribution in [3.8, 4) is 0 Å². The first-order valence-corrected chi connectivity index (χ1v) is 2.86. The summed E-state index contributed by atoms with van der Waals surface area (Å²) in [6.45, 7) is -0.828. The number of carboxylic acid groups (broad SMARTS) is 1. The summed E-state index contributed by atoms with van der Waals surface area (Å²) in [5, 5.41) is 43.8. The molecule has 0 heterocycles. The lowest BCUT2D eigenvalue weighted by Crippen LogP contribution is -2.49. The number of hydrogen-bond donors (Lipinski definition) is 4. The Morgan fingerprint density at radius 1 is 1.36 bits per heavy atom. The summed E-state index contributed by atoms with van der Waals surface area (Å²) in [7, 11) is 0. The van der Waals surface area contributed by atoms with Crippen molar-refractivity contribution in [1.82, 2.24) is 0 Å². The smallest absolute Gasteiger partial charge is 0.122 e. The highest BCUT2D eigenvalue weighted by molar-refractivity contribution is 5.70. The van der Waals surface area contributed by atoms with E-state index in [4.69, 9.17) is 20.4 Å². The molecule has 0 aromatic rings. The number of carbonyl (C=O) groups is 1. The van der Waals surface area contributed by atoms with Crippen molar-refractivity contribution in [2.45, 2.75) is 18.3 Å². The molecule has 0 saturated carbocycles. The molecule has 6 nitrogen and oxygen atoms in total. The van der Waals surface area contributed by atoms with Gasteiger partial charge >= 0.3 is 0 Å². The van der Waals surface area contributed by atoms with E-state index < -0.39 is 30.9 Å². The van der Waals surface area contributed by atoms with Gasteiger partial charge in [0.1, 0.15) is 18.3 Å². The van der Waals surface area contributed by atoms with Gasteiger partial charge in [-0.05, 0) is 0 Å². The van der Waals surface area contributed by atoms with Gasteiger partial charge in [0.2, 0.25) is 0 Å². The first-order chi connectivity index (χ1) is 5.00. The molecule has 66 valence electrons. The highest BCUT2D eigenvalue weighted by Crippen LogP contribution is 1.98. The standard InChI is InChI=1S/C5H10O6/c6-1-2(7)3(8)4(9)5(10)11/h2-4,6-9H,1H2,(H,10,11)/p-1/t2-,3+,4+/m1/s1. The van der Waals surface area contributed by atoms with Crippen LogP contribution < -0.4 is 5.11 Å². The van der Waals surface area contributed by atoms with Gasteiger partial charge < -0.3 is 30.3 Å². The maximum Gasteiger partial charge on any atom is 0.122 e. The zero-order chi connectivity index (χ0) is 9.02. The fourth-order valence-corrected chi connectivity index (χ4v) is 0.458. The van der Waals surface area contributed by atoms with E-state index in [9.17, 15) is 9.90 Å². The van der Waals surface area contributed by atoms with Crippen LogP contribution in [0.15, 0.2) is 0 Å². The molecule has 0 aromatic carbocycles. The lowest BCUT2D eigenvalue weighted by Gasteiger charge is -2.21. The molecule has 0 amide bonds. The summed E-state index contributed by atoms with van der Waals surface area (Å²) in [6, 6.07) is 0. The zero-order valence-electron chi connectivity index (χ0n) is 5.54. The van der Waals surface area contributed by atoms with Crippen LogP contribution in [0.1, 0.15) is 0 Å². The Labute approximate surface area is 62.3 Å². The topological polar surface area (TPSA) is 121 Å². The van der Waals surface area contributed by atoms with Gasteiger partial charge in [0, 0.05) is 0 Å². The number of aliphatic hydroxyl groups is 4. The second-order valence-corrected chi connectivity index (χ2v) is 2.00. The third-order valence-electron chi connectivity index (χ3n) is 1.15. The van der Waals surface area contributed by atoms with Gasteiger partial charge in [0.25, 0.3) is 0 Å². The molecule has 0 aromatic heterocycles. The predicted octanol–water partition coefficient (Wildman–Crippen LogP) is -4.19. The highest BCUT2D eigenvalue weighted by Gasteiger charge is 2.24. The van der Waals surface area contributed by atoms with Crippen LogP contribution in [-0.2, 0) is 4.79 Å². The Hall–Kier alpha value is -0.690. The average molecular weight is 165 g/mol. The Kier molecular flexibility index (Phi) is 3.98. The van der Waals surface area contributed by atoms with E-state index in [1.807, 2.05) is 0 Å². The summed E-state index contributed by atoms with van der Waals surface area (Å²) in [5.74, 6) is -1.90. The normalized spacial score (nSPS) is 18.9. The van der Waals surface area contributed by atoms with Crippen molar-refractivity contribution in [2.75, 3.05) is 6.61 Å². The predicted molar refractivity (Wildman–Crippen MR) is 30.1 cm³/mol. The van der Waals surface area contributed by atoms with Crippen LogP contribution in [-0.4, -0.2) is 51.3 Å². The summed E-state index contributed by atoms with van der Waals surface area (Å²) in [5.41, 5.74) is 0. The van der Waals surface area contributed by atoms with Crippen LogP contribution in [0, 0.1) is 0 Å². The summed E-state index contributed by atoms with van der Waals surface area (Å²) in [4.78, 5) is 9.85. The first-order valence-electron chi connectivity index (χ1n) is 2.86. The maximum atomic E-state index is 9.85. The molecule has 0 fully saturated rings. The molecular weight excluding hydrogens is 156 g/mol. The summed E-state index contributed by atoms with van der Waals surface area (Å²) < 4.78 is 0. The van der Waals surface area contributed by atoms with E-state index >= 15 is 0 Å². The molecule has 0 aliphatic heterocycles. The lowest BCUT2D eigenvalue weighted by molar-refractivity contribution is -0.319. The third kappa shape index (κ3) is 2.81. The molecule has 0 bridgehead atoms. The molecule has 6 heteroatoms. The lowest BCUT2D eigenvalue weighted by atomic mass is 10.1. The second-order valence-electron chi connectivity index (χ2n) is 2.00. The van der Waals surface area contributed by atoms with Crippen LogP contribution >= 0.6 is 0 Å². The molecule has 11 heavy (non-hydrogen) atoms. The van der Waals surface area contributed by atoms with Crippen LogP contribution in [0.5, 0.6) is 0 Å². The van der Waals surface area contributed by atoms with Crippen molar-refractivity contribution in [3.63, 3.8) is 0 Å². The minimum absolute atomic E-state index is 0.828. The fourth-order valence-electron chi connectivity index (χ4n) is 0.458. The van der Waals surface area contributed by atoms with Crippen LogP contribution in [0.3, 0.4) is 0 Å². The largest absolute Gasteiger partial charge is 0.547 e. The summed E-state index contributed by atoms with van der Waals surface area (Å²) in [6.07, 6.45) is -5.79. The number of aliphatic hydroxyl groups excluding tert-OH is 4. The fraction of sp³-hybridized carbons (Fsp3) is 0.800. The van der Waals surface area contributed by atoms with Crippen molar-refractivity contribution in [3.05, 3.63) is 0 Å². The van der Waals surface area contributed by atoms with E-state index in [1.165, 1.54) is 0 Å². The van der Waals surface area contributed by atoms with Crippen LogP contribution in [0.2, 0.25) is 0 Å². The Morgan fingerprint density at radius 3 is 2.09 bits per heavy atom. The van der Waals surface area contributed by atoms with E-state index in [1.54, 1.807) is 0 Å². The molecule has 0 radical (unpaired) electrons. The molecule has 0 spiro atoms. The van der Waals surface area contributed by atoms with Crippen molar-refractivity contribution in [1.29, 1.82) is 0 Å². The number of rotatable bonds is 4. The first kappa shape index (κ1) is 10.3. The number of hydrogen-bond acceptors (Lipinski definition) is 6. The van der Waals surface area contributed by atoms with Crippen molar-refractivity contribution >= 4 is 5.97 Å². The van der Waals surface area contributed by atoms with Crippen LogP contribution in [0.4, 0.5) is 0 Å². The molecule has 0 rings (SSSR count). The molecule has 3 atom stereocenters. The molecule has 0 saturated heterocycles. The SMILES string of the molecule is O=C([O-])[C@@H](O)[C@@H](O)[C@H](O)CO. The van der Waals surface area contributed by atoms with Crippen molar-refractivity contribution in [2.24, 2.45) is 0 Å². The van der Waals surface area contributed by atoms with Gasteiger partial charge in [0.05, 0.1) is 12.6 Å². The maximum absolute atomic E-state index is 9.85. The number of aliphatic carboxylic acids is 1. The molecule has 0 aliphatic rings. The quantitative estimate of drug-likeness (QED) is 0.335. The minimum Gasteiger partial charge on any atom is -0.547 e. The zero-order valence-corrected chi connectivity index (χ0v) is 5.54. The van der Waals surface area contributed by atoms with Gasteiger partial charge in [0.15, 0.2) is 0 Å². The van der Waals surface area contributed by atoms with E-state index in [2.05, 4.69) is 0 Å². The van der Waals surface area contributed by atoms with E-state index in [-0.39, 0.29) is 0 Å². The number of carboxylic acids is 1. The molecular formula is C5H9O6-. The van der Waals surface area contributed by atoms with Crippen LogP contribution in [0.25, 0.3) is 0 Å².